The molecule has 0 fully saturated rings. The van der Waals surface area contributed by atoms with Crippen molar-refractivity contribution in [2.75, 3.05) is 6.61 Å². The van der Waals surface area contributed by atoms with Crippen LogP contribution in [0.4, 0.5) is 0 Å². The van der Waals surface area contributed by atoms with Gasteiger partial charge in [-0.15, -0.1) is 5.73 Å². The van der Waals surface area contributed by atoms with E-state index in [1.165, 1.54) is 13.0 Å². The van der Waals surface area contributed by atoms with E-state index in [0.29, 0.717) is 0 Å². The lowest BCUT2D eigenvalue weighted by molar-refractivity contribution is -0.146. The number of hydrogen-bond acceptors (Lipinski definition) is 4. The van der Waals surface area contributed by atoms with Crippen LogP contribution < -0.4 is 0 Å². The number of rotatable bonds is 3. The molecule has 0 spiro atoms. The van der Waals surface area contributed by atoms with Crippen molar-refractivity contribution in [2.45, 2.75) is 25.2 Å². The van der Waals surface area contributed by atoms with Crippen LogP contribution >= 0.6 is 0 Å². The summed E-state index contributed by atoms with van der Waals surface area (Å²) in [5, 5.41) is 9.48. The van der Waals surface area contributed by atoms with Gasteiger partial charge in [-0.2, -0.15) is 0 Å². The second kappa shape index (κ2) is 5.51. The molecule has 15 heavy (non-hydrogen) atoms. The SMILES string of the molecule is C=C=C[C@H]1O[C@H](COC(C)=O)C=C[C@H]1O. The minimum Gasteiger partial charge on any atom is -0.463 e. The van der Waals surface area contributed by atoms with Crippen LogP contribution in [0.3, 0.4) is 0 Å². The molecule has 1 aliphatic heterocycles. The summed E-state index contributed by atoms with van der Waals surface area (Å²) in [4.78, 5) is 10.6. The van der Waals surface area contributed by atoms with E-state index in [4.69, 9.17) is 9.47 Å². The van der Waals surface area contributed by atoms with Crippen molar-refractivity contribution in [3.8, 4) is 0 Å². The lowest BCUT2D eigenvalue weighted by Gasteiger charge is -2.26. The largest absolute Gasteiger partial charge is 0.463 e. The van der Waals surface area contributed by atoms with Crippen molar-refractivity contribution >= 4 is 5.97 Å². The van der Waals surface area contributed by atoms with Gasteiger partial charge in [0.05, 0.1) is 0 Å². The number of carbonyl (C=O) groups excluding carboxylic acids is 1. The van der Waals surface area contributed by atoms with E-state index in [2.05, 4.69) is 12.3 Å². The van der Waals surface area contributed by atoms with E-state index >= 15 is 0 Å². The maximum Gasteiger partial charge on any atom is 0.302 e. The Hall–Kier alpha value is -1.35. The first-order valence-corrected chi connectivity index (χ1v) is 4.64. The van der Waals surface area contributed by atoms with E-state index in [9.17, 15) is 9.90 Å². The highest BCUT2D eigenvalue weighted by Crippen LogP contribution is 2.14. The highest BCUT2D eigenvalue weighted by atomic mass is 16.6. The number of hydrogen-bond donors (Lipinski definition) is 1. The van der Waals surface area contributed by atoms with Crippen LogP contribution in [0.5, 0.6) is 0 Å². The maximum atomic E-state index is 10.6. The molecule has 0 aromatic rings. The maximum absolute atomic E-state index is 10.6. The van der Waals surface area contributed by atoms with Gasteiger partial charge in [-0.25, -0.2) is 0 Å². The lowest BCUT2D eigenvalue weighted by atomic mass is 10.1. The Balaban J connectivity index is 2.52. The summed E-state index contributed by atoms with van der Waals surface area (Å²) < 4.78 is 10.2. The fourth-order valence-electron chi connectivity index (χ4n) is 1.22. The Bertz CT molecular complexity index is 302. The molecule has 1 heterocycles. The van der Waals surface area contributed by atoms with Crippen LogP contribution in [0.15, 0.2) is 30.5 Å². The monoisotopic (exact) mass is 210 g/mol. The summed E-state index contributed by atoms with van der Waals surface area (Å²) in [5.74, 6) is -0.353. The predicted molar refractivity (Wildman–Crippen MR) is 54.2 cm³/mol. The first-order chi connectivity index (χ1) is 7.13. The molecule has 0 saturated heterocycles. The Morgan fingerprint density at radius 1 is 1.73 bits per heavy atom. The van der Waals surface area contributed by atoms with Crippen LogP contribution in [-0.2, 0) is 14.3 Å². The van der Waals surface area contributed by atoms with Crippen molar-refractivity contribution in [2.24, 2.45) is 0 Å². The normalized spacial score (nSPS) is 29.3. The Kier molecular flexibility index (Phi) is 4.31. The van der Waals surface area contributed by atoms with E-state index in [-0.39, 0.29) is 18.7 Å². The first kappa shape index (κ1) is 11.7. The van der Waals surface area contributed by atoms with Gasteiger partial charge in [0.2, 0.25) is 0 Å². The van der Waals surface area contributed by atoms with Crippen molar-refractivity contribution in [1.29, 1.82) is 0 Å². The zero-order chi connectivity index (χ0) is 11.3. The lowest BCUT2D eigenvalue weighted by Crippen LogP contribution is -2.35. The van der Waals surface area contributed by atoms with Crippen molar-refractivity contribution in [3.63, 3.8) is 0 Å². The van der Waals surface area contributed by atoms with Gasteiger partial charge in [0.25, 0.3) is 0 Å². The molecule has 0 radical (unpaired) electrons. The number of carbonyl (C=O) groups is 1. The first-order valence-electron chi connectivity index (χ1n) is 4.64. The molecule has 3 atom stereocenters. The Morgan fingerprint density at radius 3 is 3.07 bits per heavy atom. The molecule has 0 amide bonds. The molecular formula is C11H14O4. The van der Waals surface area contributed by atoms with E-state index in [0.717, 1.165) is 0 Å². The average Bonchev–Trinajstić information content (AvgIpc) is 2.19. The van der Waals surface area contributed by atoms with E-state index in [1.807, 2.05) is 0 Å². The fraction of sp³-hybridized carbons (Fsp3) is 0.455. The highest BCUT2D eigenvalue weighted by molar-refractivity contribution is 5.65. The molecule has 4 nitrogen and oxygen atoms in total. The smallest absolute Gasteiger partial charge is 0.302 e. The molecule has 0 saturated carbocycles. The molecule has 1 rings (SSSR count). The van der Waals surface area contributed by atoms with Crippen LogP contribution in [0.2, 0.25) is 0 Å². The third-order valence-corrected chi connectivity index (χ3v) is 1.92. The highest BCUT2D eigenvalue weighted by Gasteiger charge is 2.23. The summed E-state index contributed by atoms with van der Waals surface area (Å²) in [7, 11) is 0. The molecular weight excluding hydrogens is 196 g/mol. The molecule has 1 aliphatic rings. The molecule has 0 aromatic heterocycles. The number of aliphatic hydroxyl groups excluding tert-OH is 1. The van der Waals surface area contributed by atoms with Gasteiger partial charge in [0.15, 0.2) is 0 Å². The second-order valence-corrected chi connectivity index (χ2v) is 3.19. The molecule has 4 heteroatoms. The van der Waals surface area contributed by atoms with Gasteiger partial charge >= 0.3 is 5.97 Å². The molecule has 0 bridgehead atoms. The fourth-order valence-corrected chi connectivity index (χ4v) is 1.22. The van der Waals surface area contributed by atoms with Gasteiger partial charge < -0.3 is 14.6 Å². The van der Waals surface area contributed by atoms with Crippen LogP contribution in [0.1, 0.15) is 6.92 Å². The molecule has 82 valence electrons. The minimum absolute atomic E-state index is 0.153. The van der Waals surface area contributed by atoms with Crippen LogP contribution in [-0.4, -0.2) is 36.0 Å². The van der Waals surface area contributed by atoms with Crippen molar-refractivity contribution in [3.05, 3.63) is 30.5 Å². The zero-order valence-electron chi connectivity index (χ0n) is 8.55. The number of aliphatic hydroxyl groups is 1. The van der Waals surface area contributed by atoms with E-state index < -0.39 is 12.2 Å². The third kappa shape index (κ3) is 3.72. The molecule has 0 aliphatic carbocycles. The summed E-state index contributed by atoms with van der Waals surface area (Å²) in [6, 6.07) is 0. The van der Waals surface area contributed by atoms with Crippen molar-refractivity contribution < 1.29 is 19.4 Å². The Morgan fingerprint density at radius 2 is 2.47 bits per heavy atom. The van der Waals surface area contributed by atoms with Gasteiger partial charge in [-0.3, -0.25) is 4.79 Å². The Labute approximate surface area is 88.5 Å². The quantitative estimate of drug-likeness (QED) is 0.420. The summed E-state index contributed by atoms with van der Waals surface area (Å²) in [6.45, 7) is 4.90. The zero-order valence-corrected chi connectivity index (χ0v) is 8.55. The number of ether oxygens (including phenoxy) is 2. The second-order valence-electron chi connectivity index (χ2n) is 3.19. The third-order valence-electron chi connectivity index (χ3n) is 1.92. The molecule has 1 N–H and O–H groups in total. The van der Waals surface area contributed by atoms with Crippen molar-refractivity contribution in [1.82, 2.24) is 0 Å². The molecule has 0 unspecified atom stereocenters. The van der Waals surface area contributed by atoms with Gasteiger partial charge in [0, 0.05) is 6.92 Å². The summed E-state index contributed by atoms with van der Waals surface area (Å²) in [5.41, 5.74) is 2.55. The van der Waals surface area contributed by atoms with Gasteiger partial charge in [0.1, 0.15) is 24.9 Å². The average molecular weight is 210 g/mol. The summed E-state index contributed by atoms with van der Waals surface area (Å²) in [6.07, 6.45) is 3.30. The summed E-state index contributed by atoms with van der Waals surface area (Å²) >= 11 is 0. The van der Waals surface area contributed by atoms with Crippen LogP contribution in [0.25, 0.3) is 0 Å². The van der Waals surface area contributed by atoms with Gasteiger partial charge in [-0.05, 0) is 6.08 Å². The number of esters is 1. The van der Waals surface area contributed by atoms with Crippen LogP contribution in [0, 0.1) is 0 Å². The predicted octanol–water partition coefficient (Wildman–Crippen LogP) is 0.575. The van der Waals surface area contributed by atoms with Gasteiger partial charge in [-0.1, -0.05) is 18.7 Å². The topological polar surface area (TPSA) is 55.8 Å². The minimum atomic E-state index is -0.701. The standard InChI is InChI=1S/C11H14O4/c1-3-4-11-10(13)6-5-9(15-11)7-14-8(2)12/h4-6,9-11,13H,1,7H2,2H3/t9-,10+,11+/m0/s1. The van der Waals surface area contributed by atoms with E-state index in [1.54, 1.807) is 12.2 Å². The molecule has 0 aromatic carbocycles.